The molecule has 0 aliphatic heterocycles. The first-order chi connectivity index (χ1) is 12.0. The van der Waals surface area contributed by atoms with Gasteiger partial charge in [-0.3, -0.25) is 9.59 Å². The lowest BCUT2D eigenvalue weighted by Crippen LogP contribution is -2.42. The summed E-state index contributed by atoms with van der Waals surface area (Å²) in [7, 11) is 1.67. The van der Waals surface area contributed by atoms with E-state index in [2.05, 4.69) is 15.9 Å². The molecule has 0 saturated heterocycles. The summed E-state index contributed by atoms with van der Waals surface area (Å²) in [4.78, 5) is 25.7. The van der Waals surface area contributed by atoms with E-state index in [9.17, 15) is 9.59 Å². The van der Waals surface area contributed by atoms with Crippen LogP contribution in [0.15, 0.2) is 59.1 Å². The van der Waals surface area contributed by atoms with Crippen LogP contribution in [0.3, 0.4) is 0 Å². The van der Waals surface area contributed by atoms with Crippen LogP contribution < -0.4 is 5.73 Å². The van der Waals surface area contributed by atoms with Gasteiger partial charge >= 0.3 is 5.97 Å². The van der Waals surface area contributed by atoms with E-state index in [1.807, 2.05) is 54.6 Å². The molecule has 25 heavy (non-hydrogen) atoms. The Balaban J connectivity index is 1.80. The second-order valence-electron chi connectivity index (χ2n) is 5.78. The molecule has 0 bridgehead atoms. The van der Waals surface area contributed by atoms with Gasteiger partial charge in [-0.25, -0.2) is 0 Å². The highest BCUT2D eigenvalue weighted by Crippen LogP contribution is 2.12. The molecule has 1 amide bonds. The Labute approximate surface area is 155 Å². The van der Waals surface area contributed by atoms with E-state index in [4.69, 9.17) is 10.5 Å². The number of halogens is 1. The standard InChI is InChI=1S/C19H21BrN2O3/c1-22(12-14-7-9-16(20)10-8-14)19(24)17(21)11-18(23)25-13-15-5-3-2-4-6-15/h2-10,17H,11-13,21H2,1H3/t17-/m0/s1. The van der Waals surface area contributed by atoms with Gasteiger partial charge in [0.25, 0.3) is 0 Å². The third-order valence-electron chi connectivity index (χ3n) is 3.66. The fourth-order valence-electron chi connectivity index (χ4n) is 2.29. The van der Waals surface area contributed by atoms with Crippen LogP contribution in [-0.4, -0.2) is 29.9 Å². The Morgan fingerprint density at radius 2 is 1.72 bits per heavy atom. The average Bonchev–Trinajstić information content (AvgIpc) is 2.62. The summed E-state index contributed by atoms with van der Waals surface area (Å²) in [6, 6.07) is 16.1. The summed E-state index contributed by atoms with van der Waals surface area (Å²) in [5.74, 6) is -0.777. The average molecular weight is 405 g/mol. The van der Waals surface area contributed by atoms with Crippen LogP contribution in [0.5, 0.6) is 0 Å². The van der Waals surface area contributed by atoms with Crippen molar-refractivity contribution in [2.24, 2.45) is 5.73 Å². The monoisotopic (exact) mass is 404 g/mol. The predicted octanol–water partition coefficient (Wildman–Crippen LogP) is 2.87. The SMILES string of the molecule is CN(Cc1ccc(Br)cc1)C(=O)[C@@H](N)CC(=O)OCc1ccccc1. The number of benzene rings is 2. The fraction of sp³-hybridized carbons (Fsp3) is 0.263. The van der Waals surface area contributed by atoms with E-state index >= 15 is 0 Å². The molecule has 5 nitrogen and oxygen atoms in total. The summed E-state index contributed by atoms with van der Waals surface area (Å²) in [6.45, 7) is 0.605. The molecule has 0 fully saturated rings. The Kier molecular flexibility index (Phi) is 7.16. The lowest BCUT2D eigenvalue weighted by atomic mass is 10.1. The highest BCUT2D eigenvalue weighted by Gasteiger charge is 2.22. The van der Waals surface area contributed by atoms with Gasteiger partial charge in [-0.1, -0.05) is 58.4 Å². The number of nitrogens with two attached hydrogens (primary N) is 1. The topological polar surface area (TPSA) is 72.6 Å². The van der Waals surface area contributed by atoms with Gasteiger partial charge in [0.05, 0.1) is 12.5 Å². The number of likely N-dealkylation sites (N-methyl/N-ethyl adjacent to an activating group) is 1. The fourth-order valence-corrected chi connectivity index (χ4v) is 2.55. The maximum atomic E-state index is 12.3. The first-order valence-corrected chi connectivity index (χ1v) is 8.69. The van der Waals surface area contributed by atoms with Gasteiger partial charge < -0.3 is 15.4 Å². The van der Waals surface area contributed by atoms with Gasteiger partial charge in [-0.2, -0.15) is 0 Å². The zero-order valence-corrected chi connectivity index (χ0v) is 15.6. The quantitative estimate of drug-likeness (QED) is 0.720. The van der Waals surface area contributed by atoms with E-state index in [1.54, 1.807) is 7.05 Å². The van der Waals surface area contributed by atoms with Crippen LogP contribution in [0.4, 0.5) is 0 Å². The zero-order chi connectivity index (χ0) is 18.2. The van der Waals surface area contributed by atoms with Crippen LogP contribution in [-0.2, 0) is 27.5 Å². The van der Waals surface area contributed by atoms with Gasteiger partial charge in [0.1, 0.15) is 6.61 Å². The summed E-state index contributed by atoms with van der Waals surface area (Å²) < 4.78 is 6.14. The highest BCUT2D eigenvalue weighted by atomic mass is 79.9. The Morgan fingerprint density at radius 3 is 2.36 bits per heavy atom. The van der Waals surface area contributed by atoms with Crippen molar-refractivity contribution in [2.75, 3.05) is 7.05 Å². The number of esters is 1. The van der Waals surface area contributed by atoms with Gasteiger partial charge in [-0.05, 0) is 23.3 Å². The number of rotatable bonds is 7. The molecule has 0 spiro atoms. The largest absolute Gasteiger partial charge is 0.461 e. The third-order valence-corrected chi connectivity index (χ3v) is 4.18. The van der Waals surface area contributed by atoms with Crippen molar-refractivity contribution in [3.63, 3.8) is 0 Å². The summed E-state index contributed by atoms with van der Waals surface area (Å²) in [6.07, 6.45) is -0.143. The number of nitrogens with zero attached hydrogens (tertiary/aromatic N) is 1. The molecule has 0 radical (unpaired) electrons. The van der Waals surface area contributed by atoms with Gasteiger partial charge in [0.2, 0.25) is 5.91 Å². The van der Waals surface area contributed by atoms with E-state index in [-0.39, 0.29) is 18.9 Å². The molecule has 6 heteroatoms. The molecule has 2 aromatic rings. The minimum atomic E-state index is -0.913. The molecule has 0 unspecified atom stereocenters. The van der Waals surface area contributed by atoms with Crippen LogP contribution in [0, 0.1) is 0 Å². The smallest absolute Gasteiger partial charge is 0.308 e. The van der Waals surface area contributed by atoms with Gasteiger partial charge in [0.15, 0.2) is 0 Å². The van der Waals surface area contributed by atoms with Crippen molar-refractivity contribution in [1.82, 2.24) is 4.90 Å². The van der Waals surface area contributed by atoms with Crippen molar-refractivity contribution in [3.8, 4) is 0 Å². The third kappa shape index (κ3) is 6.32. The van der Waals surface area contributed by atoms with E-state index in [0.717, 1.165) is 15.6 Å². The first kappa shape index (κ1) is 19.1. The molecule has 0 saturated carbocycles. The molecule has 2 aromatic carbocycles. The summed E-state index contributed by atoms with van der Waals surface area (Å²) in [5.41, 5.74) is 7.74. The highest BCUT2D eigenvalue weighted by molar-refractivity contribution is 9.10. The van der Waals surface area contributed by atoms with Crippen molar-refractivity contribution < 1.29 is 14.3 Å². The number of hydrogen-bond donors (Lipinski definition) is 1. The Morgan fingerprint density at radius 1 is 1.08 bits per heavy atom. The number of ether oxygens (including phenoxy) is 1. The lowest BCUT2D eigenvalue weighted by Gasteiger charge is -2.21. The molecular formula is C19H21BrN2O3. The Hall–Kier alpha value is -2.18. The van der Waals surface area contributed by atoms with Crippen LogP contribution in [0.25, 0.3) is 0 Å². The van der Waals surface area contributed by atoms with Gasteiger partial charge in [-0.15, -0.1) is 0 Å². The summed E-state index contributed by atoms with van der Waals surface area (Å²) >= 11 is 3.37. The van der Waals surface area contributed by atoms with Crippen LogP contribution in [0.1, 0.15) is 17.5 Å². The van der Waals surface area contributed by atoms with Crippen molar-refractivity contribution in [1.29, 1.82) is 0 Å². The molecule has 0 aliphatic carbocycles. The maximum Gasteiger partial charge on any atom is 0.308 e. The van der Waals surface area contributed by atoms with Crippen LogP contribution in [0.2, 0.25) is 0 Å². The molecule has 132 valence electrons. The molecule has 0 aliphatic rings. The van der Waals surface area contributed by atoms with Gasteiger partial charge in [0, 0.05) is 18.1 Å². The summed E-state index contributed by atoms with van der Waals surface area (Å²) in [5, 5.41) is 0. The number of carbonyl (C=O) groups is 2. The molecule has 2 N–H and O–H groups in total. The van der Waals surface area contributed by atoms with Crippen LogP contribution >= 0.6 is 15.9 Å². The maximum absolute atomic E-state index is 12.3. The number of carbonyl (C=O) groups excluding carboxylic acids is 2. The normalized spacial score (nSPS) is 11.6. The molecule has 0 heterocycles. The van der Waals surface area contributed by atoms with Crippen molar-refractivity contribution in [2.45, 2.75) is 25.6 Å². The zero-order valence-electron chi connectivity index (χ0n) is 14.0. The van der Waals surface area contributed by atoms with E-state index in [0.29, 0.717) is 6.54 Å². The number of amides is 1. The first-order valence-electron chi connectivity index (χ1n) is 7.90. The predicted molar refractivity (Wildman–Crippen MR) is 99.4 cm³/mol. The van der Waals surface area contributed by atoms with E-state index < -0.39 is 12.0 Å². The molecule has 0 aromatic heterocycles. The van der Waals surface area contributed by atoms with E-state index in [1.165, 1.54) is 4.90 Å². The minimum absolute atomic E-state index is 0.143. The molecule has 2 rings (SSSR count). The molecular weight excluding hydrogens is 384 g/mol. The second-order valence-corrected chi connectivity index (χ2v) is 6.69. The van der Waals surface area contributed by atoms with Crippen molar-refractivity contribution in [3.05, 3.63) is 70.2 Å². The second kappa shape index (κ2) is 9.34. The van der Waals surface area contributed by atoms with Crippen molar-refractivity contribution >= 4 is 27.8 Å². The lowest BCUT2D eigenvalue weighted by molar-refractivity contribution is -0.148. The number of hydrogen-bond acceptors (Lipinski definition) is 4. The Bertz CT molecular complexity index is 704. The minimum Gasteiger partial charge on any atom is -0.461 e. The molecule has 1 atom stereocenters.